The molecule has 4 nitrogen and oxygen atoms in total. The Morgan fingerprint density at radius 3 is 2.76 bits per heavy atom. The van der Waals surface area contributed by atoms with Crippen LogP contribution < -0.4 is 5.32 Å². The van der Waals surface area contributed by atoms with Gasteiger partial charge in [-0.05, 0) is 26.0 Å². The lowest BCUT2D eigenvalue weighted by molar-refractivity contribution is -0.117. The maximum Gasteiger partial charge on any atom is 0.339 e. The lowest BCUT2D eigenvalue weighted by atomic mass is 10.1. The largest absolute Gasteiger partial charge is 0.465 e. The van der Waals surface area contributed by atoms with E-state index < -0.39 is 4.75 Å². The fourth-order valence-electron chi connectivity index (χ4n) is 1.59. The van der Waals surface area contributed by atoms with Gasteiger partial charge in [-0.15, -0.1) is 11.8 Å². The van der Waals surface area contributed by atoms with Crippen molar-refractivity contribution in [3.63, 3.8) is 0 Å². The van der Waals surface area contributed by atoms with Crippen LogP contribution in [0.3, 0.4) is 0 Å². The first kappa shape index (κ1) is 12.0. The van der Waals surface area contributed by atoms with Crippen molar-refractivity contribution in [3.05, 3.63) is 23.8 Å². The number of nitrogens with one attached hydrogen (secondary N) is 1. The van der Waals surface area contributed by atoms with Gasteiger partial charge in [-0.1, -0.05) is 6.07 Å². The van der Waals surface area contributed by atoms with E-state index in [-0.39, 0.29) is 11.9 Å². The Morgan fingerprint density at radius 2 is 2.12 bits per heavy atom. The number of carbonyl (C=O) groups is 2. The van der Waals surface area contributed by atoms with Crippen LogP contribution in [0, 0.1) is 0 Å². The van der Waals surface area contributed by atoms with Gasteiger partial charge in [0.05, 0.1) is 23.1 Å². The number of thioether (sulfide) groups is 1. The Morgan fingerprint density at radius 1 is 1.41 bits per heavy atom. The fourth-order valence-corrected chi connectivity index (χ4v) is 2.73. The third-order valence-corrected chi connectivity index (χ3v) is 3.91. The normalized spacial score (nSPS) is 17.0. The molecule has 0 saturated heterocycles. The lowest BCUT2D eigenvalue weighted by Crippen LogP contribution is -2.37. The molecule has 0 radical (unpaired) electrons. The van der Waals surface area contributed by atoms with E-state index in [4.69, 9.17) is 4.74 Å². The molecule has 0 saturated carbocycles. The third kappa shape index (κ3) is 2.02. The smallest absolute Gasteiger partial charge is 0.339 e. The molecular formula is C12H13NO3S. The number of benzene rings is 1. The summed E-state index contributed by atoms with van der Waals surface area (Å²) in [7, 11) is 1.35. The molecule has 1 N–H and O–H groups in total. The summed E-state index contributed by atoms with van der Waals surface area (Å²) in [5, 5.41) is 2.80. The van der Waals surface area contributed by atoms with Crippen LogP contribution in [0.4, 0.5) is 5.69 Å². The van der Waals surface area contributed by atoms with Crippen molar-refractivity contribution in [3.8, 4) is 0 Å². The van der Waals surface area contributed by atoms with Gasteiger partial charge >= 0.3 is 5.97 Å². The Bertz CT molecular complexity index is 497. The van der Waals surface area contributed by atoms with E-state index in [2.05, 4.69) is 5.32 Å². The van der Waals surface area contributed by atoms with Crippen molar-refractivity contribution >= 4 is 29.3 Å². The number of fused-ring (bicyclic) bond motifs is 1. The highest BCUT2D eigenvalue weighted by Crippen LogP contribution is 2.43. The molecule has 1 aromatic carbocycles. The minimum atomic E-state index is -0.586. The van der Waals surface area contributed by atoms with E-state index >= 15 is 0 Å². The van der Waals surface area contributed by atoms with Crippen molar-refractivity contribution in [1.29, 1.82) is 0 Å². The summed E-state index contributed by atoms with van der Waals surface area (Å²) in [5.74, 6) is -0.446. The molecule has 90 valence electrons. The first-order chi connectivity index (χ1) is 7.95. The van der Waals surface area contributed by atoms with Gasteiger partial charge < -0.3 is 10.1 Å². The van der Waals surface area contributed by atoms with Crippen LogP contribution in [0.25, 0.3) is 0 Å². The quantitative estimate of drug-likeness (QED) is 0.778. The zero-order chi connectivity index (χ0) is 12.6. The highest BCUT2D eigenvalue weighted by molar-refractivity contribution is 8.01. The van der Waals surface area contributed by atoms with Crippen LogP contribution in [0.1, 0.15) is 24.2 Å². The standard InChI is InChI=1S/C12H13NO3S/c1-12(2)11(15)13-8-6-4-5-7(9(8)17-12)10(14)16-3/h4-6H,1-3H3,(H,13,15). The zero-order valence-electron chi connectivity index (χ0n) is 9.87. The van der Waals surface area contributed by atoms with Crippen LogP contribution in [-0.2, 0) is 9.53 Å². The topological polar surface area (TPSA) is 55.4 Å². The number of amides is 1. The molecule has 0 atom stereocenters. The van der Waals surface area contributed by atoms with E-state index in [0.717, 1.165) is 4.90 Å². The number of esters is 1. The van der Waals surface area contributed by atoms with Crippen LogP contribution in [-0.4, -0.2) is 23.7 Å². The van der Waals surface area contributed by atoms with Crippen molar-refractivity contribution in [1.82, 2.24) is 0 Å². The predicted octanol–water partition coefficient (Wildman–Crippen LogP) is 2.30. The van der Waals surface area contributed by atoms with Gasteiger partial charge in [-0.3, -0.25) is 4.79 Å². The molecule has 1 heterocycles. The zero-order valence-corrected chi connectivity index (χ0v) is 10.7. The van der Waals surface area contributed by atoms with Gasteiger partial charge in [0.2, 0.25) is 5.91 Å². The van der Waals surface area contributed by atoms with Gasteiger partial charge in [0.25, 0.3) is 0 Å². The summed E-state index contributed by atoms with van der Waals surface area (Å²) >= 11 is 1.38. The molecule has 0 unspecified atom stereocenters. The maximum atomic E-state index is 11.8. The molecule has 1 aromatic rings. The first-order valence-corrected chi connectivity index (χ1v) is 5.99. The van der Waals surface area contributed by atoms with Crippen molar-refractivity contribution < 1.29 is 14.3 Å². The van der Waals surface area contributed by atoms with Gasteiger partial charge in [-0.2, -0.15) is 0 Å². The number of rotatable bonds is 1. The molecule has 17 heavy (non-hydrogen) atoms. The molecule has 5 heteroatoms. The van der Waals surface area contributed by atoms with E-state index in [0.29, 0.717) is 11.3 Å². The number of methoxy groups -OCH3 is 1. The Kier molecular flexibility index (Phi) is 2.87. The summed E-state index contributed by atoms with van der Waals surface area (Å²) in [5.41, 5.74) is 1.16. The highest BCUT2D eigenvalue weighted by Gasteiger charge is 2.36. The van der Waals surface area contributed by atoms with Gasteiger partial charge in [-0.25, -0.2) is 4.79 Å². The summed E-state index contributed by atoms with van der Waals surface area (Å²) in [6.07, 6.45) is 0. The second-order valence-electron chi connectivity index (χ2n) is 4.24. The summed E-state index contributed by atoms with van der Waals surface area (Å²) in [4.78, 5) is 24.2. The summed E-state index contributed by atoms with van der Waals surface area (Å²) in [6.45, 7) is 3.65. The second kappa shape index (κ2) is 4.07. The summed E-state index contributed by atoms with van der Waals surface area (Å²) < 4.78 is 4.15. The number of carbonyl (C=O) groups excluding carboxylic acids is 2. The molecule has 2 rings (SSSR count). The van der Waals surface area contributed by atoms with Crippen LogP contribution in [0.5, 0.6) is 0 Å². The SMILES string of the molecule is COC(=O)c1cccc2c1SC(C)(C)C(=O)N2. The van der Waals surface area contributed by atoms with Crippen molar-refractivity contribution in [2.45, 2.75) is 23.5 Å². The minimum Gasteiger partial charge on any atom is -0.465 e. The van der Waals surface area contributed by atoms with E-state index in [1.807, 2.05) is 13.8 Å². The molecule has 1 amide bonds. The Hall–Kier alpha value is -1.49. The third-order valence-electron chi connectivity index (χ3n) is 2.57. The Labute approximate surface area is 104 Å². The van der Waals surface area contributed by atoms with E-state index in [1.54, 1.807) is 18.2 Å². The molecule has 1 aliphatic rings. The molecule has 0 aliphatic carbocycles. The van der Waals surface area contributed by atoms with E-state index in [9.17, 15) is 9.59 Å². The number of ether oxygens (including phenoxy) is 1. The molecular weight excluding hydrogens is 238 g/mol. The average Bonchev–Trinajstić information content (AvgIpc) is 2.28. The van der Waals surface area contributed by atoms with Crippen molar-refractivity contribution in [2.75, 3.05) is 12.4 Å². The first-order valence-electron chi connectivity index (χ1n) is 5.17. The molecule has 0 bridgehead atoms. The highest BCUT2D eigenvalue weighted by atomic mass is 32.2. The summed E-state index contributed by atoms with van der Waals surface area (Å²) in [6, 6.07) is 5.21. The van der Waals surface area contributed by atoms with Gasteiger partial charge in [0, 0.05) is 4.90 Å². The molecule has 1 aliphatic heterocycles. The molecule has 0 fully saturated rings. The minimum absolute atomic E-state index is 0.0583. The van der Waals surface area contributed by atoms with Crippen molar-refractivity contribution in [2.24, 2.45) is 0 Å². The lowest BCUT2D eigenvalue weighted by Gasteiger charge is -2.30. The van der Waals surface area contributed by atoms with E-state index in [1.165, 1.54) is 18.9 Å². The predicted molar refractivity (Wildman–Crippen MR) is 66.3 cm³/mol. The number of anilines is 1. The molecule has 0 spiro atoms. The number of hydrogen-bond acceptors (Lipinski definition) is 4. The van der Waals surface area contributed by atoms with Crippen LogP contribution in [0.15, 0.2) is 23.1 Å². The van der Waals surface area contributed by atoms with Gasteiger partial charge in [0.1, 0.15) is 0 Å². The fraction of sp³-hybridized carbons (Fsp3) is 0.333. The Balaban J connectivity index is 2.52. The van der Waals surface area contributed by atoms with Gasteiger partial charge in [0.15, 0.2) is 0 Å². The number of hydrogen-bond donors (Lipinski definition) is 1. The second-order valence-corrected chi connectivity index (χ2v) is 5.87. The van der Waals surface area contributed by atoms with Crippen LogP contribution >= 0.6 is 11.8 Å². The maximum absolute atomic E-state index is 11.8. The average molecular weight is 251 g/mol. The molecule has 0 aromatic heterocycles. The monoisotopic (exact) mass is 251 g/mol. The van der Waals surface area contributed by atoms with Crippen LogP contribution in [0.2, 0.25) is 0 Å².